The molecule has 0 fully saturated rings. The van der Waals surface area contributed by atoms with Crippen molar-refractivity contribution in [1.29, 1.82) is 0 Å². The Hall–Kier alpha value is -1.32. The van der Waals surface area contributed by atoms with Gasteiger partial charge in [0.15, 0.2) is 0 Å². The number of amides is 1. The summed E-state index contributed by atoms with van der Waals surface area (Å²) in [4.78, 5) is 14.1. The van der Waals surface area contributed by atoms with Crippen LogP contribution in [0, 0.1) is 13.8 Å². The van der Waals surface area contributed by atoms with Crippen molar-refractivity contribution in [2.24, 2.45) is 0 Å². The summed E-state index contributed by atoms with van der Waals surface area (Å²) >= 11 is 9.56. The molecule has 0 spiro atoms. The van der Waals surface area contributed by atoms with Crippen LogP contribution in [0.2, 0.25) is 5.02 Å². The standard InChI is InChI=1S/C16H15BrClNO/c1-10-4-6-13(11(2)8-10)16(20)19(3)15-7-5-12(17)9-14(15)18/h4-9H,1-3H3. The molecule has 0 heterocycles. The third-order valence-electron chi connectivity index (χ3n) is 3.19. The summed E-state index contributed by atoms with van der Waals surface area (Å²) < 4.78 is 0.888. The van der Waals surface area contributed by atoms with Gasteiger partial charge in [-0.05, 0) is 43.7 Å². The zero-order valence-electron chi connectivity index (χ0n) is 11.6. The number of aryl methyl sites for hydroxylation is 2. The van der Waals surface area contributed by atoms with E-state index in [4.69, 9.17) is 11.6 Å². The van der Waals surface area contributed by atoms with E-state index in [-0.39, 0.29) is 5.91 Å². The van der Waals surface area contributed by atoms with Gasteiger partial charge in [0.25, 0.3) is 5.91 Å². The molecule has 0 unspecified atom stereocenters. The minimum atomic E-state index is -0.0632. The quantitative estimate of drug-likeness (QED) is 0.745. The van der Waals surface area contributed by atoms with Crippen molar-refractivity contribution in [2.75, 3.05) is 11.9 Å². The molecule has 0 bridgehead atoms. The Kier molecular flexibility index (Phi) is 4.51. The number of hydrogen-bond donors (Lipinski definition) is 0. The highest BCUT2D eigenvalue weighted by Gasteiger charge is 2.17. The third-order valence-corrected chi connectivity index (χ3v) is 3.98. The lowest BCUT2D eigenvalue weighted by molar-refractivity contribution is 0.0992. The van der Waals surface area contributed by atoms with Gasteiger partial charge in [-0.1, -0.05) is 45.2 Å². The number of nitrogens with zero attached hydrogens (tertiary/aromatic N) is 1. The molecular formula is C16H15BrClNO. The molecule has 0 radical (unpaired) electrons. The van der Waals surface area contributed by atoms with E-state index in [0.717, 1.165) is 15.6 Å². The smallest absolute Gasteiger partial charge is 0.258 e. The number of carbonyl (C=O) groups excluding carboxylic acids is 1. The fourth-order valence-electron chi connectivity index (χ4n) is 2.10. The van der Waals surface area contributed by atoms with Crippen LogP contribution in [0.4, 0.5) is 5.69 Å². The first-order chi connectivity index (χ1) is 9.40. The van der Waals surface area contributed by atoms with Gasteiger partial charge in [0.1, 0.15) is 0 Å². The molecule has 0 saturated carbocycles. The predicted molar refractivity (Wildman–Crippen MR) is 87.8 cm³/mol. The molecule has 0 N–H and O–H groups in total. The van der Waals surface area contributed by atoms with E-state index in [9.17, 15) is 4.79 Å². The molecule has 20 heavy (non-hydrogen) atoms. The Morgan fingerprint density at radius 1 is 1.15 bits per heavy atom. The van der Waals surface area contributed by atoms with Gasteiger partial charge in [0.05, 0.1) is 10.7 Å². The van der Waals surface area contributed by atoms with E-state index in [2.05, 4.69) is 15.9 Å². The number of halogens is 2. The number of hydrogen-bond acceptors (Lipinski definition) is 1. The van der Waals surface area contributed by atoms with Gasteiger partial charge in [-0.15, -0.1) is 0 Å². The molecule has 2 rings (SSSR count). The summed E-state index contributed by atoms with van der Waals surface area (Å²) in [5, 5.41) is 0.542. The molecule has 0 aromatic heterocycles. The van der Waals surface area contributed by atoms with Crippen LogP contribution in [0.1, 0.15) is 21.5 Å². The Labute approximate surface area is 132 Å². The van der Waals surface area contributed by atoms with E-state index >= 15 is 0 Å². The molecule has 0 saturated heterocycles. The summed E-state index contributed by atoms with van der Waals surface area (Å²) in [6.07, 6.45) is 0. The Morgan fingerprint density at radius 2 is 1.85 bits per heavy atom. The van der Waals surface area contributed by atoms with Crippen LogP contribution in [0.15, 0.2) is 40.9 Å². The number of rotatable bonds is 2. The normalized spacial score (nSPS) is 10.4. The van der Waals surface area contributed by atoms with Crippen LogP contribution in [0.3, 0.4) is 0 Å². The van der Waals surface area contributed by atoms with Crippen LogP contribution in [-0.2, 0) is 0 Å². The predicted octanol–water partition coefficient (Wildman–Crippen LogP) is 5.00. The van der Waals surface area contributed by atoms with Crippen LogP contribution in [-0.4, -0.2) is 13.0 Å². The van der Waals surface area contributed by atoms with E-state index in [1.165, 1.54) is 0 Å². The van der Waals surface area contributed by atoms with Crippen LogP contribution < -0.4 is 4.90 Å². The third kappa shape index (κ3) is 3.05. The van der Waals surface area contributed by atoms with E-state index in [1.54, 1.807) is 18.0 Å². The maximum absolute atomic E-state index is 12.6. The van der Waals surface area contributed by atoms with E-state index in [0.29, 0.717) is 16.3 Å². The fraction of sp³-hybridized carbons (Fsp3) is 0.188. The molecular weight excluding hydrogens is 338 g/mol. The second kappa shape index (κ2) is 5.98. The summed E-state index contributed by atoms with van der Waals surface area (Å²) in [6, 6.07) is 11.3. The molecule has 2 nitrogen and oxygen atoms in total. The van der Waals surface area contributed by atoms with Gasteiger partial charge in [-0.25, -0.2) is 0 Å². The zero-order chi connectivity index (χ0) is 14.9. The van der Waals surface area contributed by atoms with Crippen molar-refractivity contribution in [3.63, 3.8) is 0 Å². The first kappa shape index (κ1) is 15.1. The van der Waals surface area contributed by atoms with E-state index < -0.39 is 0 Å². The highest BCUT2D eigenvalue weighted by Crippen LogP contribution is 2.29. The summed E-state index contributed by atoms with van der Waals surface area (Å²) in [5.74, 6) is -0.0632. The van der Waals surface area contributed by atoms with Crippen molar-refractivity contribution in [3.8, 4) is 0 Å². The van der Waals surface area contributed by atoms with Crippen molar-refractivity contribution in [1.82, 2.24) is 0 Å². The Balaban J connectivity index is 2.37. The van der Waals surface area contributed by atoms with Crippen LogP contribution in [0.5, 0.6) is 0 Å². The average molecular weight is 353 g/mol. The summed E-state index contributed by atoms with van der Waals surface area (Å²) in [7, 11) is 1.73. The molecule has 4 heteroatoms. The maximum Gasteiger partial charge on any atom is 0.258 e. The monoisotopic (exact) mass is 351 g/mol. The van der Waals surface area contributed by atoms with Crippen molar-refractivity contribution in [2.45, 2.75) is 13.8 Å². The SMILES string of the molecule is Cc1ccc(C(=O)N(C)c2ccc(Br)cc2Cl)c(C)c1. The minimum Gasteiger partial charge on any atom is -0.310 e. The van der Waals surface area contributed by atoms with Crippen LogP contribution in [0.25, 0.3) is 0 Å². The van der Waals surface area contributed by atoms with Gasteiger partial charge in [0.2, 0.25) is 0 Å². The minimum absolute atomic E-state index is 0.0632. The lowest BCUT2D eigenvalue weighted by Crippen LogP contribution is -2.27. The first-order valence-corrected chi connectivity index (χ1v) is 7.37. The molecule has 0 aliphatic carbocycles. The van der Waals surface area contributed by atoms with Gasteiger partial charge in [-0.3, -0.25) is 4.79 Å². The van der Waals surface area contributed by atoms with Crippen molar-refractivity contribution >= 4 is 39.1 Å². The van der Waals surface area contributed by atoms with Gasteiger partial charge in [-0.2, -0.15) is 0 Å². The highest BCUT2D eigenvalue weighted by molar-refractivity contribution is 9.10. The number of benzene rings is 2. The van der Waals surface area contributed by atoms with Gasteiger partial charge in [0, 0.05) is 17.1 Å². The largest absolute Gasteiger partial charge is 0.310 e. The first-order valence-electron chi connectivity index (χ1n) is 6.20. The topological polar surface area (TPSA) is 20.3 Å². The molecule has 1 amide bonds. The summed E-state index contributed by atoms with van der Waals surface area (Å²) in [5.41, 5.74) is 3.50. The zero-order valence-corrected chi connectivity index (χ0v) is 13.9. The van der Waals surface area contributed by atoms with Crippen molar-refractivity contribution < 1.29 is 4.79 Å². The van der Waals surface area contributed by atoms with E-state index in [1.807, 2.05) is 44.2 Å². The average Bonchev–Trinajstić information content (AvgIpc) is 2.37. The van der Waals surface area contributed by atoms with Crippen molar-refractivity contribution in [3.05, 3.63) is 62.6 Å². The molecule has 0 atom stereocenters. The van der Waals surface area contributed by atoms with Gasteiger partial charge >= 0.3 is 0 Å². The second-order valence-electron chi connectivity index (χ2n) is 4.78. The molecule has 0 aliphatic heterocycles. The van der Waals surface area contributed by atoms with Gasteiger partial charge < -0.3 is 4.90 Å². The molecule has 2 aromatic carbocycles. The second-order valence-corrected chi connectivity index (χ2v) is 6.10. The number of carbonyl (C=O) groups is 1. The molecule has 2 aromatic rings. The highest BCUT2D eigenvalue weighted by atomic mass is 79.9. The lowest BCUT2D eigenvalue weighted by Gasteiger charge is -2.20. The molecule has 0 aliphatic rings. The Bertz CT molecular complexity index is 670. The Morgan fingerprint density at radius 3 is 2.45 bits per heavy atom. The maximum atomic E-state index is 12.6. The molecule has 104 valence electrons. The fourth-order valence-corrected chi connectivity index (χ4v) is 2.90. The lowest BCUT2D eigenvalue weighted by atomic mass is 10.0. The summed E-state index contributed by atoms with van der Waals surface area (Å²) in [6.45, 7) is 3.95. The number of anilines is 1. The van der Waals surface area contributed by atoms with Crippen LogP contribution >= 0.6 is 27.5 Å².